The van der Waals surface area contributed by atoms with Crippen LogP contribution in [0, 0.1) is 27.7 Å². The zero-order valence-electron chi connectivity index (χ0n) is 17.2. The molecule has 3 aromatic carbocycles. The highest BCUT2D eigenvalue weighted by molar-refractivity contribution is 7.22. The Morgan fingerprint density at radius 3 is 2.34 bits per heavy atom. The van der Waals surface area contributed by atoms with Crippen LogP contribution < -0.4 is 4.90 Å². The van der Waals surface area contributed by atoms with Crippen LogP contribution in [0.4, 0.5) is 5.13 Å². The molecule has 4 rings (SSSR count). The van der Waals surface area contributed by atoms with E-state index in [1.165, 1.54) is 16.7 Å². The highest BCUT2D eigenvalue weighted by Gasteiger charge is 2.22. The van der Waals surface area contributed by atoms with Crippen LogP contribution in [-0.4, -0.2) is 10.9 Å². The minimum Gasteiger partial charge on any atom is -0.279 e. The summed E-state index contributed by atoms with van der Waals surface area (Å²) in [7, 11) is 0. The Labute approximate surface area is 175 Å². The van der Waals surface area contributed by atoms with Crippen molar-refractivity contribution in [1.29, 1.82) is 0 Å². The molecule has 0 saturated heterocycles. The van der Waals surface area contributed by atoms with Gasteiger partial charge in [-0.05, 0) is 73.7 Å². The zero-order valence-corrected chi connectivity index (χ0v) is 18.0. The van der Waals surface area contributed by atoms with Crippen LogP contribution in [0.2, 0.25) is 0 Å². The number of carbonyl (C=O) groups excluding carboxylic acids is 1. The molecule has 1 amide bonds. The molecule has 3 nitrogen and oxygen atoms in total. The van der Waals surface area contributed by atoms with Crippen molar-refractivity contribution in [3.8, 4) is 0 Å². The lowest BCUT2D eigenvalue weighted by molar-refractivity contribution is 0.0985. The van der Waals surface area contributed by atoms with E-state index in [1.807, 2.05) is 55.5 Å². The topological polar surface area (TPSA) is 33.2 Å². The van der Waals surface area contributed by atoms with Gasteiger partial charge in [0.25, 0.3) is 5.91 Å². The first-order chi connectivity index (χ1) is 13.9. The van der Waals surface area contributed by atoms with Crippen LogP contribution in [0.25, 0.3) is 10.2 Å². The predicted molar refractivity (Wildman–Crippen MR) is 122 cm³/mol. The number of hydrogen-bond donors (Lipinski definition) is 0. The smallest absolute Gasteiger partial charge is 0.260 e. The van der Waals surface area contributed by atoms with Gasteiger partial charge in [-0.2, -0.15) is 0 Å². The van der Waals surface area contributed by atoms with Gasteiger partial charge in [0.15, 0.2) is 5.13 Å². The standard InChI is InChI=1S/C25H24N2OS/c1-16-10-12-21(14-18(16)3)24(28)27(15-20-8-6-5-7-9-20)25-26-23-19(4)17(2)11-13-22(23)29-25/h5-14H,15H2,1-4H3. The monoisotopic (exact) mass is 400 g/mol. The van der Waals surface area contributed by atoms with Gasteiger partial charge < -0.3 is 0 Å². The maximum atomic E-state index is 13.5. The maximum Gasteiger partial charge on any atom is 0.260 e. The third-order valence-corrected chi connectivity index (χ3v) is 6.53. The molecule has 0 bridgehead atoms. The van der Waals surface area contributed by atoms with Gasteiger partial charge in [0.05, 0.1) is 16.8 Å². The molecule has 1 aromatic heterocycles. The van der Waals surface area contributed by atoms with Crippen LogP contribution >= 0.6 is 11.3 Å². The van der Waals surface area contributed by atoms with E-state index >= 15 is 0 Å². The molecular formula is C25H24N2OS. The van der Waals surface area contributed by atoms with Crippen molar-refractivity contribution < 1.29 is 4.79 Å². The molecule has 0 N–H and O–H groups in total. The molecule has 0 spiro atoms. The number of thiazole rings is 1. The number of aryl methyl sites for hydroxylation is 4. The largest absolute Gasteiger partial charge is 0.279 e. The highest BCUT2D eigenvalue weighted by Crippen LogP contribution is 2.33. The number of rotatable bonds is 4. The molecule has 0 unspecified atom stereocenters. The number of anilines is 1. The van der Waals surface area contributed by atoms with E-state index in [1.54, 1.807) is 16.2 Å². The van der Waals surface area contributed by atoms with Gasteiger partial charge in [0.1, 0.15) is 0 Å². The number of carbonyl (C=O) groups is 1. The van der Waals surface area contributed by atoms with Gasteiger partial charge in [-0.3, -0.25) is 9.69 Å². The summed E-state index contributed by atoms with van der Waals surface area (Å²) in [5.74, 6) is -0.0228. The van der Waals surface area contributed by atoms with Crippen molar-refractivity contribution in [3.63, 3.8) is 0 Å². The fourth-order valence-corrected chi connectivity index (χ4v) is 4.38. The van der Waals surface area contributed by atoms with Gasteiger partial charge in [-0.15, -0.1) is 0 Å². The fourth-order valence-electron chi connectivity index (χ4n) is 3.35. The molecule has 0 aliphatic rings. The van der Waals surface area contributed by atoms with E-state index in [2.05, 4.69) is 32.9 Å². The van der Waals surface area contributed by atoms with E-state index in [0.29, 0.717) is 12.1 Å². The van der Waals surface area contributed by atoms with Gasteiger partial charge >= 0.3 is 0 Å². The van der Waals surface area contributed by atoms with Crippen molar-refractivity contribution in [2.24, 2.45) is 0 Å². The molecule has 0 fully saturated rings. The molecule has 146 valence electrons. The van der Waals surface area contributed by atoms with Crippen molar-refractivity contribution in [1.82, 2.24) is 4.98 Å². The molecule has 4 heteroatoms. The average molecular weight is 401 g/mol. The highest BCUT2D eigenvalue weighted by atomic mass is 32.1. The molecule has 0 atom stereocenters. The van der Waals surface area contributed by atoms with E-state index < -0.39 is 0 Å². The zero-order chi connectivity index (χ0) is 20.5. The Morgan fingerprint density at radius 2 is 1.62 bits per heavy atom. The fraction of sp³-hybridized carbons (Fsp3) is 0.200. The molecule has 0 aliphatic carbocycles. The van der Waals surface area contributed by atoms with Crippen LogP contribution in [-0.2, 0) is 6.54 Å². The lowest BCUT2D eigenvalue weighted by atomic mass is 10.1. The van der Waals surface area contributed by atoms with Gasteiger partial charge in [-0.1, -0.05) is 53.8 Å². The van der Waals surface area contributed by atoms with Gasteiger partial charge in [0, 0.05) is 5.56 Å². The van der Waals surface area contributed by atoms with E-state index in [0.717, 1.165) is 26.5 Å². The summed E-state index contributed by atoms with van der Waals surface area (Å²) in [6.07, 6.45) is 0. The number of nitrogens with zero attached hydrogens (tertiary/aromatic N) is 2. The number of amides is 1. The lowest BCUT2D eigenvalue weighted by Gasteiger charge is -2.20. The molecule has 29 heavy (non-hydrogen) atoms. The summed E-state index contributed by atoms with van der Waals surface area (Å²) in [6.45, 7) is 8.77. The van der Waals surface area contributed by atoms with Crippen LogP contribution in [0.1, 0.15) is 38.2 Å². The maximum absolute atomic E-state index is 13.5. The lowest BCUT2D eigenvalue weighted by Crippen LogP contribution is -2.30. The first kappa shape index (κ1) is 19.3. The Kier molecular flexibility index (Phi) is 5.20. The van der Waals surface area contributed by atoms with Crippen molar-refractivity contribution in [2.45, 2.75) is 34.2 Å². The number of fused-ring (bicyclic) bond motifs is 1. The molecular weight excluding hydrogens is 376 g/mol. The number of aromatic nitrogens is 1. The van der Waals surface area contributed by atoms with Crippen LogP contribution in [0.3, 0.4) is 0 Å². The second-order valence-corrected chi connectivity index (χ2v) is 8.54. The minimum atomic E-state index is -0.0228. The van der Waals surface area contributed by atoms with Gasteiger partial charge in [0.2, 0.25) is 0 Å². The Morgan fingerprint density at radius 1 is 0.897 bits per heavy atom. The SMILES string of the molecule is Cc1ccc(C(=O)N(Cc2ccccc2)c2nc3c(C)c(C)ccc3s2)cc1C. The summed E-state index contributed by atoms with van der Waals surface area (Å²) in [5.41, 5.74) is 7.44. The van der Waals surface area contributed by atoms with E-state index in [9.17, 15) is 4.79 Å². The van der Waals surface area contributed by atoms with Crippen LogP contribution in [0.15, 0.2) is 60.7 Å². The summed E-state index contributed by atoms with van der Waals surface area (Å²) in [5, 5.41) is 0.737. The Balaban J connectivity index is 1.80. The Hall–Kier alpha value is -2.98. The summed E-state index contributed by atoms with van der Waals surface area (Å²) in [4.78, 5) is 20.2. The van der Waals surface area contributed by atoms with Crippen molar-refractivity contribution >= 4 is 32.6 Å². The number of benzene rings is 3. The number of hydrogen-bond acceptors (Lipinski definition) is 3. The van der Waals surface area contributed by atoms with Crippen LogP contribution in [0.5, 0.6) is 0 Å². The van der Waals surface area contributed by atoms with E-state index in [-0.39, 0.29) is 5.91 Å². The normalized spacial score (nSPS) is 11.0. The molecule has 4 aromatic rings. The van der Waals surface area contributed by atoms with Crippen molar-refractivity contribution in [3.05, 3.63) is 94.0 Å². The first-order valence-corrected chi connectivity index (χ1v) is 10.6. The third kappa shape index (κ3) is 3.81. The second kappa shape index (κ2) is 7.80. The molecule has 0 radical (unpaired) electrons. The first-order valence-electron chi connectivity index (χ1n) is 9.74. The molecule has 0 saturated carbocycles. The predicted octanol–water partition coefficient (Wildman–Crippen LogP) is 6.38. The Bertz CT molecular complexity index is 1190. The minimum absolute atomic E-state index is 0.0228. The second-order valence-electron chi connectivity index (χ2n) is 7.53. The van der Waals surface area contributed by atoms with E-state index in [4.69, 9.17) is 4.98 Å². The molecule has 0 aliphatic heterocycles. The third-order valence-electron chi connectivity index (χ3n) is 5.49. The molecule has 1 heterocycles. The quantitative estimate of drug-likeness (QED) is 0.398. The summed E-state index contributed by atoms with van der Waals surface area (Å²) < 4.78 is 1.11. The summed E-state index contributed by atoms with van der Waals surface area (Å²) in [6, 6.07) is 20.2. The summed E-state index contributed by atoms with van der Waals surface area (Å²) >= 11 is 1.57. The van der Waals surface area contributed by atoms with Gasteiger partial charge in [-0.25, -0.2) is 4.98 Å². The average Bonchev–Trinajstić information content (AvgIpc) is 3.16. The van der Waals surface area contributed by atoms with Crippen molar-refractivity contribution in [2.75, 3.05) is 4.90 Å².